The van der Waals surface area contributed by atoms with E-state index in [-0.39, 0.29) is 5.91 Å². The number of amides is 1. The number of thiazole rings is 1. The van der Waals surface area contributed by atoms with Crippen LogP contribution in [-0.4, -0.2) is 57.9 Å². The Kier molecular flexibility index (Phi) is 7.47. The first kappa shape index (κ1) is 23.3. The summed E-state index contributed by atoms with van der Waals surface area (Å²) in [6, 6.07) is 12.6. The van der Waals surface area contributed by atoms with Crippen LogP contribution in [0.15, 0.2) is 57.9 Å². The number of hydrogen-bond acceptors (Lipinski definition) is 7. The molecule has 178 valence electrons. The highest BCUT2D eigenvalue weighted by molar-refractivity contribution is 8.01. The second-order valence-corrected chi connectivity index (χ2v) is 11.4. The Hall–Kier alpha value is -2.42. The maximum absolute atomic E-state index is 13.4. The molecule has 1 aromatic carbocycles. The highest BCUT2D eigenvalue weighted by atomic mass is 32.2. The van der Waals surface area contributed by atoms with E-state index in [2.05, 4.69) is 37.2 Å². The molecule has 0 unspecified atom stereocenters. The van der Waals surface area contributed by atoms with Gasteiger partial charge in [0.15, 0.2) is 5.13 Å². The molecule has 2 aliphatic rings. The minimum Gasteiger partial charge on any atom is -0.339 e. The molecule has 0 aliphatic carbocycles. The van der Waals surface area contributed by atoms with Crippen LogP contribution in [0.25, 0.3) is 0 Å². The molecule has 8 heteroatoms. The SMILES string of the molecule is Cc1ccc(Sc2cnc(Nc3ccccn3)s2)cc1C(=O)N1CCC(N2CCCCC2)CC1. The first-order valence-electron chi connectivity index (χ1n) is 12.1. The fourth-order valence-corrected chi connectivity index (χ4v) is 6.71. The largest absolute Gasteiger partial charge is 0.339 e. The number of likely N-dealkylation sites (tertiary alicyclic amines) is 2. The van der Waals surface area contributed by atoms with Gasteiger partial charge in [0.2, 0.25) is 0 Å². The summed E-state index contributed by atoms with van der Waals surface area (Å²) < 4.78 is 1.07. The van der Waals surface area contributed by atoms with Crippen molar-refractivity contribution in [1.29, 1.82) is 0 Å². The van der Waals surface area contributed by atoms with Gasteiger partial charge >= 0.3 is 0 Å². The van der Waals surface area contributed by atoms with E-state index in [4.69, 9.17) is 0 Å². The van der Waals surface area contributed by atoms with Crippen LogP contribution in [0.4, 0.5) is 10.9 Å². The lowest BCUT2D eigenvalue weighted by atomic mass is 9.99. The number of carbonyl (C=O) groups is 1. The molecule has 1 amide bonds. The molecule has 1 N–H and O–H groups in total. The van der Waals surface area contributed by atoms with Crippen LogP contribution < -0.4 is 5.32 Å². The predicted octanol–water partition coefficient (Wildman–Crippen LogP) is 5.83. The topological polar surface area (TPSA) is 61.4 Å². The van der Waals surface area contributed by atoms with Crippen LogP contribution in [0.1, 0.15) is 48.0 Å². The highest BCUT2D eigenvalue weighted by Gasteiger charge is 2.28. The third-order valence-electron chi connectivity index (χ3n) is 6.70. The molecule has 2 fully saturated rings. The summed E-state index contributed by atoms with van der Waals surface area (Å²) in [4.78, 5) is 27.9. The molecule has 0 bridgehead atoms. The average molecular weight is 494 g/mol. The lowest BCUT2D eigenvalue weighted by Crippen LogP contribution is -2.48. The molecular formula is C26H31N5OS2. The zero-order valence-corrected chi connectivity index (χ0v) is 21.2. The summed E-state index contributed by atoms with van der Waals surface area (Å²) in [6.45, 7) is 6.20. The normalized spacial score (nSPS) is 17.6. The molecule has 2 saturated heterocycles. The molecular weight excluding hydrogens is 462 g/mol. The van der Waals surface area contributed by atoms with E-state index in [1.54, 1.807) is 29.3 Å². The van der Waals surface area contributed by atoms with Gasteiger partial charge in [-0.3, -0.25) is 4.79 Å². The van der Waals surface area contributed by atoms with Gasteiger partial charge in [-0.15, -0.1) is 0 Å². The summed E-state index contributed by atoms with van der Waals surface area (Å²) in [5.41, 5.74) is 1.85. The molecule has 4 heterocycles. The second kappa shape index (κ2) is 10.9. The maximum Gasteiger partial charge on any atom is 0.254 e. The van der Waals surface area contributed by atoms with Gasteiger partial charge in [-0.05, 0) is 75.5 Å². The van der Waals surface area contributed by atoms with Crippen molar-refractivity contribution in [1.82, 2.24) is 19.8 Å². The number of nitrogens with zero attached hydrogens (tertiary/aromatic N) is 4. The van der Waals surface area contributed by atoms with Crippen LogP contribution in [0.5, 0.6) is 0 Å². The van der Waals surface area contributed by atoms with Crippen molar-refractivity contribution in [3.05, 3.63) is 59.9 Å². The fraction of sp³-hybridized carbons (Fsp3) is 0.423. The zero-order chi connectivity index (χ0) is 23.3. The van der Waals surface area contributed by atoms with Gasteiger partial charge in [-0.25, -0.2) is 9.97 Å². The van der Waals surface area contributed by atoms with Crippen molar-refractivity contribution in [2.45, 2.75) is 54.2 Å². The summed E-state index contributed by atoms with van der Waals surface area (Å²) >= 11 is 3.23. The summed E-state index contributed by atoms with van der Waals surface area (Å²) in [5.74, 6) is 0.944. The highest BCUT2D eigenvalue weighted by Crippen LogP contribution is 2.36. The smallest absolute Gasteiger partial charge is 0.254 e. The molecule has 0 spiro atoms. The minimum atomic E-state index is 0.166. The summed E-state index contributed by atoms with van der Waals surface area (Å²) in [6.07, 6.45) is 9.82. The Bertz CT molecular complexity index is 1110. The Morgan fingerprint density at radius 3 is 2.65 bits per heavy atom. The van der Waals surface area contributed by atoms with Crippen molar-refractivity contribution in [3.8, 4) is 0 Å². The van der Waals surface area contributed by atoms with Crippen LogP contribution >= 0.6 is 23.1 Å². The number of benzene rings is 1. The van der Waals surface area contributed by atoms with E-state index in [0.717, 1.165) is 57.1 Å². The van der Waals surface area contributed by atoms with Crippen molar-refractivity contribution in [3.63, 3.8) is 0 Å². The molecule has 2 aliphatic heterocycles. The quantitative estimate of drug-likeness (QED) is 0.466. The van der Waals surface area contributed by atoms with Crippen molar-refractivity contribution in [2.24, 2.45) is 0 Å². The minimum absolute atomic E-state index is 0.166. The maximum atomic E-state index is 13.4. The lowest BCUT2D eigenvalue weighted by molar-refractivity contribution is 0.0589. The van der Waals surface area contributed by atoms with Crippen molar-refractivity contribution in [2.75, 3.05) is 31.5 Å². The van der Waals surface area contributed by atoms with Crippen LogP contribution in [0, 0.1) is 6.92 Å². The first-order valence-corrected chi connectivity index (χ1v) is 13.7. The third kappa shape index (κ3) is 5.62. The van der Waals surface area contributed by atoms with E-state index in [9.17, 15) is 4.79 Å². The van der Waals surface area contributed by atoms with E-state index in [1.165, 1.54) is 32.4 Å². The number of carbonyl (C=O) groups excluding carboxylic acids is 1. The number of anilines is 2. The third-order valence-corrected chi connectivity index (χ3v) is 8.70. The van der Waals surface area contributed by atoms with Gasteiger partial charge in [-0.1, -0.05) is 41.7 Å². The Morgan fingerprint density at radius 2 is 1.88 bits per heavy atom. The van der Waals surface area contributed by atoms with Crippen LogP contribution in [0.2, 0.25) is 0 Å². The molecule has 0 saturated carbocycles. The van der Waals surface area contributed by atoms with Gasteiger partial charge in [0.05, 0.1) is 10.4 Å². The molecule has 6 nitrogen and oxygen atoms in total. The molecule has 34 heavy (non-hydrogen) atoms. The summed E-state index contributed by atoms with van der Waals surface area (Å²) in [7, 11) is 0. The van der Waals surface area contributed by atoms with E-state index >= 15 is 0 Å². The Balaban J connectivity index is 1.21. The standard InChI is InChI=1S/C26H31N5OS2/c1-19-8-9-21(33-24-18-28-26(34-24)29-23-7-3-4-12-27-23)17-22(19)25(32)31-15-10-20(11-16-31)30-13-5-2-6-14-30/h3-4,7-9,12,17-18,20H,2,5-6,10-11,13-16H2,1H3,(H,27,28,29). The van der Waals surface area contributed by atoms with Gasteiger partial charge in [-0.2, -0.15) is 0 Å². The number of piperidine rings is 2. The lowest BCUT2D eigenvalue weighted by Gasteiger charge is -2.40. The van der Waals surface area contributed by atoms with Gasteiger partial charge in [0, 0.05) is 35.8 Å². The van der Waals surface area contributed by atoms with Crippen LogP contribution in [-0.2, 0) is 0 Å². The second-order valence-electron chi connectivity index (χ2n) is 9.02. The number of aromatic nitrogens is 2. The zero-order valence-electron chi connectivity index (χ0n) is 19.6. The molecule has 3 aromatic rings. The molecule has 0 radical (unpaired) electrons. The molecule has 5 rings (SSSR count). The van der Waals surface area contributed by atoms with E-state index in [0.29, 0.717) is 6.04 Å². The average Bonchev–Trinajstić information content (AvgIpc) is 3.32. The number of pyridine rings is 1. The van der Waals surface area contributed by atoms with Gasteiger partial charge in [0.25, 0.3) is 5.91 Å². The fourth-order valence-electron chi connectivity index (χ4n) is 4.81. The number of nitrogens with one attached hydrogen (secondary N) is 1. The van der Waals surface area contributed by atoms with E-state index < -0.39 is 0 Å². The Morgan fingerprint density at radius 1 is 1.06 bits per heavy atom. The Labute approximate surface area is 209 Å². The first-order chi connectivity index (χ1) is 16.7. The van der Waals surface area contributed by atoms with Crippen molar-refractivity contribution < 1.29 is 4.79 Å². The molecule has 2 aromatic heterocycles. The molecule has 0 atom stereocenters. The van der Waals surface area contributed by atoms with E-state index in [1.807, 2.05) is 37.4 Å². The van der Waals surface area contributed by atoms with Gasteiger partial charge < -0.3 is 15.1 Å². The van der Waals surface area contributed by atoms with Gasteiger partial charge in [0.1, 0.15) is 5.82 Å². The summed E-state index contributed by atoms with van der Waals surface area (Å²) in [5, 5.41) is 4.04. The monoisotopic (exact) mass is 493 g/mol. The van der Waals surface area contributed by atoms with Crippen LogP contribution in [0.3, 0.4) is 0 Å². The predicted molar refractivity (Wildman–Crippen MR) is 139 cm³/mol. The van der Waals surface area contributed by atoms with Crippen molar-refractivity contribution >= 4 is 40.0 Å². The number of rotatable bonds is 6. The number of aryl methyl sites for hydroxylation is 1. The number of hydrogen-bond donors (Lipinski definition) is 1.